The summed E-state index contributed by atoms with van der Waals surface area (Å²) < 4.78 is 1.86. The number of hydrogen-bond donors (Lipinski definition) is 1. The first-order valence-corrected chi connectivity index (χ1v) is 8.12. The maximum Gasteiger partial charge on any atom is 0.140 e. The zero-order chi connectivity index (χ0) is 14.9. The molecule has 0 spiro atoms. The number of hydrogen-bond acceptors (Lipinski definition) is 5. The summed E-state index contributed by atoms with van der Waals surface area (Å²) >= 11 is 0. The van der Waals surface area contributed by atoms with E-state index in [9.17, 15) is 0 Å². The van der Waals surface area contributed by atoms with Crippen LogP contribution in [-0.2, 0) is 33.0 Å². The van der Waals surface area contributed by atoms with Gasteiger partial charge >= 0.3 is 0 Å². The predicted molar refractivity (Wildman–Crippen MR) is 82.2 cm³/mol. The van der Waals surface area contributed by atoms with E-state index in [4.69, 9.17) is 0 Å². The number of aromatic nitrogens is 5. The fourth-order valence-electron chi connectivity index (χ4n) is 3.50. The molecule has 0 saturated carbocycles. The molecule has 118 valence electrons. The summed E-state index contributed by atoms with van der Waals surface area (Å²) in [5.74, 6) is 1.04. The molecule has 7 nitrogen and oxygen atoms in total. The molecule has 1 N–H and O–H groups in total. The van der Waals surface area contributed by atoms with Crippen LogP contribution < -0.4 is 0 Å². The minimum atomic E-state index is 0.891. The molecule has 2 aromatic rings. The van der Waals surface area contributed by atoms with Crippen molar-refractivity contribution in [3.8, 4) is 0 Å². The molecule has 0 aromatic carbocycles. The van der Waals surface area contributed by atoms with Crippen molar-refractivity contribution in [3.05, 3.63) is 29.1 Å². The standard InChI is InChI=1S/C15H23N7/c1-20-15(16-11-17-20)10-22-7-5-21(6-8-22)9-14-12-3-2-4-13(12)18-19-14/h11H,2-10H2,1H3,(H,18,19). The molecule has 0 unspecified atom stereocenters. The van der Waals surface area contributed by atoms with Gasteiger partial charge in [-0.2, -0.15) is 10.2 Å². The van der Waals surface area contributed by atoms with E-state index in [1.807, 2.05) is 11.7 Å². The molecule has 1 fully saturated rings. The van der Waals surface area contributed by atoms with Gasteiger partial charge in [-0.25, -0.2) is 4.98 Å². The Morgan fingerprint density at radius 3 is 2.59 bits per heavy atom. The van der Waals surface area contributed by atoms with Gasteiger partial charge in [-0.15, -0.1) is 0 Å². The maximum absolute atomic E-state index is 4.52. The molecule has 2 aromatic heterocycles. The Balaban J connectivity index is 1.31. The van der Waals surface area contributed by atoms with Gasteiger partial charge in [-0.3, -0.25) is 19.6 Å². The minimum absolute atomic E-state index is 0.891. The molecule has 0 radical (unpaired) electrons. The molecule has 1 aliphatic carbocycles. The second-order valence-corrected chi connectivity index (χ2v) is 6.33. The SMILES string of the molecule is Cn1ncnc1CN1CCN(Cc2n[nH]c3c2CCC3)CC1. The monoisotopic (exact) mass is 301 g/mol. The largest absolute Gasteiger partial charge is 0.295 e. The van der Waals surface area contributed by atoms with E-state index < -0.39 is 0 Å². The molecular weight excluding hydrogens is 278 g/mol. The summed E-state index contributed by atoms with van der Waals surface area (Å²) in [4.78, 5) is 9.28. The number of aromatic amines is 1. The highest BCUT2D eigenvalue weighted by molar-refractivity contribution is 5.29. The maximum atomic E-state index is 4.52. The van der Waals surface area contributed by atoms with E-state index in [2.05, 4.69) is 30.1 Å². The van der Waals surface area contributed by atoms with Gasteiger partial charge in [-0.05, 0) is 24.8 Å². The van der Waals surface area contributed by atoms with E-state index in [0.29, 0.717) is 0 Å². The van der Waals surface area contributed by atoms with E-state index in [0.717, 1.165) is 45.1 Å². The van der Waals surface area contributed by atoms with Crippen LogP contribution in [0.4, 0.5) is 0 Å². The average molecular weight is 301 g/mol. The van der Waals surface area contributed by atoms with Gasteiger partial charge < -0.3 is 0 Å². The van der Waals surface area contributed by atoms with Crippen LogP contribution in [0.2, 0.25) is 0 Å². The normalized spacial score (nSPS) is 19.7. The fourth-order valence-corrected chi connectivity index (χ4v) is 3.50. The number of fused-ring (bicyclic) bond motifs is 1. The first-order valence-electron chi connectivity index (χ1n) is 8.12. The van der Waals surface area contributed by atoms with Crippen molar-refractivity contribution in [3.63, 3.8) is 0 Å². The predicted octanol–water partition coefficient (Wildman–Crippen LogP) is 0.345. The van der Waals surface area contributed by atoms with Gasteiger partial charge in [0.15, 0.2) is 0 Å². The lowest BCUT2D eigenvalue weighted by atomic mass is 10.2. The number of H-pyrrole nitrogens is 1. The number of rotatable bonds is 4. The van der Waals surface area contributed by atoms with Crippen LogP contribution in [0.3, 0.4) is 0 Å². The van der Waals surface area contributed by atoms with Crippen molar-refractivity contribution in [1.29, 1.82) is 0 Å². The fraction of sp³-hybridized carbons (Fsp3) is 0.667. The van der Waals surface area contributed by atoms with Crippen molar-refractivity contribution in [2.75, 3.05) is 26.2 Å². The summed E-state index contributed by atoms with van der Waals surface area (Å²) in [5.41, 5.74) is 4.13. The summed E-state index contributed by atoms with van der Waals surface area (Å²) in [5, 5.41) is 11.9. The Morgan fingerprint density at radius 1 is 1.09 bits per heavy atom. The van der Waals surface area contributed by atoms with E-state index in [-0.39, 0.29) is 0 Å². The summed E-state index contributed by atoms with van der Waals surface area (Å²) in [6, 6.07) is 0. The highest BCUT2D eigenvalue weighted by Crippen LogP contribution is 2.24. The van der Waals surface area contributed by atoms with Gasteiger partial charge in [-0.1, -0.05) is 0 Å². The van der Waals surface area contributed by atoms with Gasteiger partial charge in [0.1, 0.15) is 12.2 Å². The molecule has 0 amide bonds. The van der Waals surface area contributed by atoms with Crippen LogP contribution in [0.25, 0.3) is 0 Å². The Bertz CT molecular complexity index is 636. The first-order chi connectivity index (χ1) is 10.8. The molecule has 22 heavy (non-hydrogen) atoms. The molecule has 1 saturated heterocycles. The Morgan fingerprint density at radius 2 is 1.86 bits per heavy atom. The third-order valence-electron chi connectivity index (χ3n) is 4.90. The van der Waals surface area contributed by atoms with Crippen molar-refractivity contribution >= 4 is 0 Å². The third kappa shape index (κ3) is 2.66. The summed E-state index contributed by atoms with van der Waals surface area (Å²) in [6.45, 7) is 6.24. The zero-order valence-corrected chi connectivity index (χ0v) is 13.1. The number of nitrogens with zero attached hydrogens (tertiary/aromatic N) is 6. The smallest absolute Gasteiger partial charge is 0.140 e. The van der Waals surface area contributed by atoms with E-state index in [1.165, 1.54) is 36.2 Å². The molecule has 0 bridgehead atoms. The molecule has 3 heterocycles. The van der Waals surface area contributed by atoms with Crippen LogP contribution in [0.1, 0.15) is 29.2 Å². The van der Waals surface area contributed by atoms with Crippen molar-refractivity contribution in [1.82, 2.24) is 34.8 Å². The Labute approximate surface area is 130 Å². The van der Waals surface area contributed by atoms with Crippen LogP contribution in [0.5, 0.6) is 0 Å². The van der Waals surface area contributed by atoms with Crippen LogP contribution in [0, 0.1) is 0 Å². The van der Waals surface area contributed by atoms with E-state index >= 15 is 0 Å². The second kappa shape index (κ2) is 5.81. The quantitative estimate of drug-likeness (QED) is 0.882. The second-order valence-electron chi connectivity index (χ2n) is 6.33. The Hall–Kier alpha value is -1.73. The highest BCUT2D eigenvalue weighted by atomic mass is 15.3. The van der Waals surface area contributed by atoms with Crippen molar-refractivity contribution < 1.29 is 0 Å². The average Bonchev–Trinajstić information content (AvgIpc) is 3.21. The van der Waals surface area contributed by atoms with Crippen LogP contribution in [-0.4, -0.2) is 60.9 Å². The van der Waals surface area contributed by atoms with Gasteiger partial charge in [0.2, 0.25) is 0 Å². The summed E-state index contributed by atoms with van der Waals surface area (Å²) in [6.07, 6.45) is 5.28. The van der Waals surface area contributed by atoms with E-state index in [1.54, 1.807) is 6.33 Å². The van der Waals surface area contributed by atoms with Crippen molar-refractivity contribution in [2.24, 2.45) is 7.05 Å². The van der Waals surface area contributed by atoms with Crippen LogP contribution in [0.15, 0.2) is 6.33 Å². The molecule has 7 heteroatoms. The van der Waals surface area contributed by atoms with Crippen molar-refractivity contribution in [2.45, 2.75) is 32.4 Å². The van der Waals surface area contributed by atoms with Gasteiger partial charge in [0.05, 0.1) is 12.2 Å². The number of piperazine rings is 1. The lowest BCUT2D eigenvalue weighted by Gasteiger charge is -2.34. The molecule has 1 aliphatic heterocycles. The number of aryl methyl sites for hydroxylation is 2. The number of nitrogens with one attached hydrogen (secondary N) is 1. The van der Waals surface area contributed by atoms with Gasteiger partial charge in [0.25, 0.3) is 0 Å². The molecule has 2 aliphatic rings. The minimum Gasteiger partial charge on any atom is -0.295 e. The zero-order valence-electron chi connectivity index (χ0n) is 13.1. The molecule has 4 rings (SSSR count). The third-order valence-corrected chi connectivity index (χ3v) is 4.90. The molecular formula is C15H23N7. The highest BCUT2D eigenvalue weighted by Gasteiger charge is 2.23. The summed E-state index contributed by atoms with van der Waals surface area (Å²) in [7, 11) is 1.96. The first kappa shape index (κ1) is 13.9. The molecule has 0 atom stereocenters. The van der Waals surface area contributed by atoms with Crippen LogP contribution >= 0.6 is 0 Å². The van der Waals surface area contributed by atoms with Gasteiger partial charge in [0, 0.05) is 45.5 Å². The lowest BCUT2D eigenvalue weighted by Crippen LogP contribution is -2.45. The lowest BCUT2D eigenvalue weighted by molar-refractivity contribution is 0.117. The Kier molecular flexibility index (Phi) is 3.67. The topological polar surface area (TPSA) is 65.9 Å².